The number of rotatable bonds is 3. The van der Waals surface area contributed by atoms with E-state index < -0.39 is 0 Å². The summed E-state index contributed by atoms with van der Waals surface area (Å²) in [5.41, 5.74) is 0. The molecule has 0 aromatic heterocycles. The Labute approximate surface area is 47.2 Å². The fourth-order valence-electron chi connectivity index (χ4n) is 0.192. The minimum absolute atomic E-state index is 0.0725. The van der Waals surface area contributed by atoms with Crippen molar-refractivity contribution < 1.29 is 4.43 Å². The SMILES string of the molecule is C=CC(C=C)O[Si]. The zero-order chi connectivity index (χ0) is 5.70. The maximum absolute atomic E-state index is 4.62. The lowest BCUT2D eigenvalue weighted by molar-refractivity contribution is 0.328. The van der Waals surface area contributed by atoms with Crippen LogP contribution in [0.3, 0.4) is 0 Å². The van der Waals surface area contributed by atoms with Crippen LogP contribution in [0.4, 0.5) is 0 Å². The lowest BCUT2D eigenvalue weighted by atomic mass is 10.4. The van der Waals surface area contributed by atoms with Crippen molar-refractivity contribution >= 4 is 10.5 Å². The summed E-state index contributed by atoms with van der Waals surface area (Å²) in [4.78, 5) is 0. The van der Waals surface area contributed by atoms with Crippen molar-refractivity contribution in [3.05, 3.63) is 25.3 Å². The normalized spacial score (nSPS) is 8.86. The Balaban J connectivity index is 3.36. The van der Waals surface area contributed by atoms with E-state index in [1.54, 1.807) is 12.2 Å². The van der Waals surface area contributed by atoms with Crippen LogP contribution in [0.25, 0.3) is 0 Å². The minimum atomic E-state index is -0.0725. The molecule has 0 amide bonds. The highest BCUT2D eigenvalue weighted by Crippen LogP contribution is 1.87. The van der Waals surface area contributed by atoms with Crippen LogP contribution in [0.15, 0.2) is 25.3 Å². The summed E-state index contributed by atoms with van der Waals surface area (Å²) in [6, 6.07) is 0. The first-order chi connectivity index (χ1) is 3.35. The van der Waals surface area contributed by atoms with E-state index in [4.69, 9.17) is 0 Å². The Morgan fingerprint density at radius 1 is 1.43 bits per heavy atom. The standard InChI is InChI=1S/C5H7OSi/c1-3-5(4-2)6-7/h3-5H,1-2H2. The second-order valence-corrected chi connectivity index (χ2v) is 1.29. The molecular formula is C5H7OSi. The lowest BCUT2D eigenvalue weighted by Gasteiger charge is -1.99. The smallest absolute Gasteiger partial charge is 0.247 e. The van der Waals surface area contributed by atoms with E-state index in [1.807, 2.05) is 0 Å². The Hall–Kier alpha value is -0.343. The van der Waals surface area contributed by atoms with Gasteiger partial charge in [0.25, 0.3) is 0 Å². The van der Waals surface area contributed by atoms with Gasteiger partial charge in [0.2, 0.25) is 10.5 Å². The zero-order valence-corrected chi connectivity index (χ0v) is 5.05. The van der Waals surface area contributed by atoms with Crippen molar-refractivity contribution in [3.63, 3.8) is 0 Å². The predicted octanol–water partition coefficient (Wildman–Crippen LogP) is 0.827. The second-order valence-electron chi connectivity index (χ2n) is 1.05. The molecule has 0 atom stereocenters. The van der Waals surface area contributed by atoms with Crippen LogP contribution in [0.2, 0.25) is 0 Å². The molecule has 0 saturated carbocycles. The first kappa shape index (κ1) is 6.66. The summed E-state index contributed by atoms with van der Waals surface area (Å²) in [6.45, 7) is 6.95. The highest BCUT2D eigenvalue weighted by Gasteiger charge is 1.87. The third kappa shape index (κ3) is 2.36. The Morgan fingerprint density at radius 3 is 1.86 bits per heavy atom. The van der Waals surface area contributed by atoms with Gasteiger partial charge in [-0.3, -0.25) is 0 Å². The predicted molar refractivity (Wildman–Crippen MR) is 31.0 cm³/mol. The average molecular weight is 111 g/mol. The lowest BCUT2D eigenvalue weighted by Crippen LogP contribution is -2.00. The Kier molecular flexibility index (Phi) is 3.65. The van der Waals surface area contributed by atoms with E-state index >= 15 is 0 Å². The number of hydrogen-bond acceptors (Lipinski definition) is 1. The molecule has 0 fully saturated rings. The summed E-state index contributed by atoms with van der Waals surface area (Å²) in [7, 11) is 2.84. The summed E-state index contributed by atoms with van der Waals surface area (Å²) in [5.74, 6) is 0. The third-order valence-corrected chi connectivity index (χ3v) is 0.873. The van der Waals surface area contributed by atoms with Gasteiger partial charge in [-0.2, -0.15) is 0 Å². The second kappa shape index (κ2) is 3.83. The maximum Gasteiger partial charge on any atom is 0.247 e. The van der Waals surface area contributed by atoms with Crippen molar-refractivity contribution in [3.8, 4) is 0 Å². The van der Waals surface area contributed by atoms with Crippen LogP contribution >= 0.6 is 0 Å². The van der Waals surface area contributed by atoms with Crippen molar-refractivity contribution in [2.75, 3.05) is 0 Å². The molecule has 7 heavy (non-hydrogen) atoms. The monoisotopic (exact) mass is 111 g/mol. The first-order valence-electron chi connectivity index (χ1n) is 1.92. The van der Waals surface area contributed by atoms with Gasteiger partial charge in [-0.25, -0.2) is 0 Å². The topological polar surface area (TPSA) is 9.23 Å². The summed E-state index contributed by atoms with van der Waals surface area (Å²) < 4.78 is 4.62. The molecule has 2 heteroatoms. The van der Waals surface area contributed by atoms with Crippen LogP contribution in [0, 0.1) is 0 Å². The molecule has 1 nitrogen and oxygen atoms in total. The van der Waals surface area contributed by atoms with Gasteiger partial charge in [0.05, 0.1) is 6.10 Å². The van der Waals surface area contributed by atoms with Gasteiger partial charge in [-0.15, -0.1) is 13.2 Å². The highest BCUT2D eigenvalue weighted by molar-refractivity contribution is 5.98. The Bertz CT molecular complexity index is 62.5. The van der Waals surface area contributed by atoms with Gasteiger partial charge in [-0.05, 0) is 0 Å². The molecule has 0 unspecified atom stereocenters. The summed E-state index contributed by atoms with van der Waals surface area (Å²) in [5, 5.41) is 0. The first-order valence-corrected chi connectivity index (χ1v) is 2.33. The number of hydrogen-bond donors (Lipinski definition) is 0. The molecule has 0 bridgehead atoms. The quantitative estimate of drug-likeness (QED) is 0.387. The fourth-order valence-corrected chi connectivity index (χ4v) is 0.385. The molecule has 0 aromatic carbocycles. The zero-order valence-electron chi connectivity index (χ0n) is 4.05. The van der Waals surface area contributed by atoms with Crippen LogP contribution in [-0.4, -0.2) is 16.6 Å². The highest BCUT2D eigenvalue weighted by atomic mass is 28.2. The Morgan fingerprint density at radius 2 is 1.86 bits per heavy atom. The van der Waals surface area contributed by atoms with E-state index in [1.165, 1.54) is 0 Å². The fraction of sp³-hybridized carbons (Fsp3) is 0.200. The van der Waals surface area contributed by atoms with Gasteiger partial charge in [0.1, 0.15) is 0 Å². The largest absolute Gasteiger partial charge is 0.409 e. The van der Waals surface area contributed by atoms with Gasteiger partial charge in [-0.1, -0.05) is 12.2 Å². The molecule has 0 aliphatic heterocycles. The van der Waals surface area contributed by atoms with E-state index in [-0.39, 0.29) is 6.10 Å². The van der Waals surface area contributed by atoms with Crippen LogP contribution < -0.4 is 0 Å². The van der Waals surface area contributed by atoms with Gasteiger partial charge in [0.15, 0.2) is 0 Å². The van der Waals surface area contributed by atoms with Gasteiger partial charge < -0.3 is 4.43 Å². The molecule has 0 rings (SSSR count). The molecule has 37 valence electrons. The van der Waals surface area contributed by atoms with E-state index in [0.29, 0.717) is 0 Å². The molecule has 3 radical (unpaired) electrons. The van der Waals surface area contributed by atoms with Crippen molar-refractivity contribution in [2.45, 2.75) is 6.10 Å². The minimum Gasteiger partial charge on any atom is -0.409 e. The molecule has 0 aliphatic carbocycles. The van der Waals surface area contributed by atoms with E-state index in [0.717, 1.165) is 0 Å². The van der Waals surface area contributed by atoms with E-state index in [9.17, 15) is 0 Å². The molecule has 0 aromatic rings. The van der Waals surface area contributed by atoms with Crippen LogP contribution in [-0.2, 0) is 4.43 Å². The van der Waals surface area contributed by atoms with Crippen molar-refractivity contribution in [1.82, 2.24) is 0 Å². The average Bonchev–Trinajstić information content (AvgIpc) is 1.72. The molecule has 0 aliphatic rings. The summed E-state index contributed by atoms with van der Waals surface area (Å²) >= 11 is 0. The third-order valence-electron chi connectivity index (χ3n) is 0.601. The summed E-state index contributed by atoms with van der Waals surface area (Å²) in [6.07, 6.45) is 3.21. The van der Waals surface area contributed by atoms with Crippen molar-refractivity contribution in [2.24, 2.45) is 0 Å². The van der Waals surface area contributed by atoms with Crippen LogP contribution in [0.1, 0.15) is 0 Å². The maximum atomic E-state index is 4.62. The molecular weight excluding hydrogens is 104 g/mol. The molecule has 0 spiro atoms. The van der Waals surface area contributed by atoms with Gasteiger partial charge in [0, 0.05) is 0 Å². The van der Waals surface area contributed by atoms with Gasteiger partial charge >= 0.3 is 0 Å². The van der Waals surface area contributed by atoms with E-state index in [2.05, 4.69) is 28.1 Å². The molecule has 0 N–H and O–H groups in total. The molecule has 0 heterocycles. The molecule has 0 saturated heterocycles. The van der Waals surface area contributed by atoms with Crippen LogP contribution in [0.5, 0.6) is 0 Å². The van der Waals surface area contributed by atoms with Crippen molar-refractivity contribution in [1.29, 1.82) is 0 Å².